The van der Waals surface area contributed by atoms with E-state index in [1.807, 2.05) is 24.3 Å². The van der Waals surface area contributed by atoms with Gasteiger partial charge in [0.2, 0.25) is 5.91 Å². The summed E-state index contributed by atoms with van der Waals surface area (Å²) in [5.74, 6) is -0.572. The first-order valence-electron chi connectivity index (χ1n) is 6.10. The molecule has 0 spiro atoms. The standard InChI is InChI=1S/C16H13BrFNO/c17-14-6-3-4-12(10-14)8-9-16(20)19-11-13-5-1-2-7-15(13)18/h1-10H,11H2,(H,19,20)/b9-8+. The molecular formula is C16H13BrFNO. The maximum Gasteiger partial charge on any atom is 0.244 e. The minimum atomic E-state index is -0.316. The summed E-state index contributed by atoms with van der Waals surface area (Å²) in [6.45, 7) is 0.175. The SMILES string of the molecule is O=C(/C=C/c1cccc(Br)c1)NCc1ccccc1F. The number of halogens is 2. The van der Waals surface area contributed by atoms with Crippen molar-refractivity contribution in [3.05, 3.63) is 76.0 Å². The summed E-state index contributed by atoms with van der Waals surface area (Å²) in [7, 11) is 0. The van der Waals surface area contributed by atoms with Gasteiger partial charge in [-0.15, -0.1) is 0 Å². The van der Waals surface area contributed by atoms with Gasteiger partial charge in [0.05, 0.1) is 0 Å². The van der Waals surface area contributed by atoms with Crippen LogP contribution in [0.2, 0.25) is 0 Å². The Labute approximate surface area is 125 Å². The van der Waals surface area contributed by atoms with Crippen LogP contribution >= 0.6 is 15.9 Å². The lowest BCUT2D eigenvalue weighted by molar-refractivity contribution is -0.116. The van der Waals surface area contributed by atoms with Gasteiger partial charge in [0.25, 0.3) is 0 Å². The summed E-state index contributed by atoms with van der Waals surface area (Å²) in [5.41, 5.74) is 1.39. The average Bonchev–Trinajstić information content (AvgIpc) is 2.44. The molecule has 0 aliphatic heterocycles. The van der Waals surface area contributed by atoms with Gasteiger partial charge in [-0.05, 0) is 29.8 Å². The Morgan fingerprint density at radius 2 is 2.00 bits per heavy atom. The molecule has 0 aliphatic carbocycles. The predicted molar refractivity (Wildman–Crippen MR) is 81.4 cm³/mol. The van der Waals surface area contributed by atoms with Crippen LogP contribution in [0.4, 0.5) is 4.39 Å². The van der Waals surface area contributed by atoms with Gasteiger partial charge in [-0.1, -0.05) is 46.3 Å². The van der Waals surface area contributed by atoms with Crippen molar-refractivity contribution in [3.63, 3.8) is 0 Å². The predicted octanol–water partition coefficient (Wildman–Crippen LogP) is 3.92. The zero-order chi connectivity index (χ0) is 14.4. The van der Waals surface area contributed by atoms with E-state index in [4.69, 9.17) is 0 Å². The summed E-state index contributed by atoms with van der Waals surface area (Å²) >= 11 is 3.36. The van der Waals surface area contributed by atoms with E-state index in [9.17, 15) is 9.18 Å². The number of amides is 1. The van der Waals surface area contributed by atoms with Crippen molar-refractivity contribution in [1.82, 2.24) is 5.32 Å². The fraction of sp³-hybridized carbons (Fsp3) is 0.0625. The molecule has 1 N–H and O–H groups in total. The summed E-state index contributed by atoms with van der Waals surface area (Å²) < 4.78 is 14.3. The molecule has 1 amide bonds. The second kappa shape index (κ2) is 7.01. The Hall–Kier alpha value is -1.94. The molecule has 0 saturated heterocycles. The zero-order valence-electron chi connectivity index (χ0n) is 10.6. The molecule has 2 aromatic rings. The highest BCUT2D eigenvalue weighted by atomic mass is 79.9. The van der Waals surface area contributed by atoms with E-state index < -0.39 is 0 Å². The van der Waals surface area contributed by atoms with E-state index in [1.165, 1.54) is 12.1 Å². The summed E-state index contributed by atoms with van der Waals surface area (Å²) in [4.78, 5) is 11.7. The number of carbonyl (C=O) groups is 1. The van der Waals surface area contributed by atoms with E-state index in [-0.39, 0.29) is 18.3 Å². The van der Waals surface area contributed by atoms with Gasteiger partial charge in [0.1, 0.15) is 5.82 Å². The van der Waals surface area contributed by atoms with Crippen LogP contribution in [-0.4, -0.2) is 5.91 Å². The fourth-order valence-electron chi connectivity index (χ4n) is 1.67. The van der Waals surface area contributed by atoms with Crippen molar-refractivity contribution in [2.75, 3.05) is 0 Å². The first-order valence-corrected chi connectivity index (χ1v) is 6.89. The van der Waals surface area contributed by atoms with Gasteiger partial charge in [0, 0.05) is 22.7 Å². The maximum absolute atomic E-state index is 13.4. The minimum Gasteiger partial charge on any atom is -0.348 e. The Bertz CT molecular complexity index is 640. The lowest BCUT2D eigenvalue weighted by atomic mass is 10.2. The van der Waals surface area contributed by atoms with Gasteiger partial charge in [-0.2, -0.15) is 0 Å². The highest BCUT2D eigenvalue weighted by Gasteiger charge is 2.01. The van der Waals surface area contributed by atoms with Crippen LogP contribution in [0.1, 0.15) is 11.1 Å². The number of rotatable bonds is 4. The van der Waals surface area contributed by atoms with Crippen LogP contribution in [0.15, 0.2) is 59.1 Å². The largest absolute Gasteiger partial charge is 0.348 e. The second-order valence-electron chi connectivity index (χ2n) is 4.20. The van der Waals surface area contributed by atoms with Gasteiger partial charge >= 0.3 is 0 Å². The number of hydrogen-bond acceptors (Lipinski definition) is 1. The molecule has 0 bridgehead atoms. The highest BCUT2D eigenvalue weighted by Crippen LogP contribution is 2.12. The van der Waals surface area contributed by atoms with Crippen molar-refractivity contribution in [1.29, 1.82) is 0 Å². The first kappa shape index (κ1) is 14.5. The number of hydrogen-bond donors (Lipinski definition) is 1. The molecule has 20 heavy (non-hydrogen) atoms. The lowest BCUT2D eigenvalue weighted by Crippen LogP contribution is -2.20. The number of nitrogens with one attached hydrogen (secondary N) is 1. The third-order valence-electron chi connectivity index (χ3n) is 2.69. The molecule has 4 heteroatoms. The summed E-state index contributed by atoms with van der Waals surface area (Å²) in [6, 6.07) is 14.0. The maximum atomic E-state index is 13.4. The van der Waals surface area contributed by atoms with Gasteiger partial charge in [-0.3, -0.25) is 4.79 Å². The van der Waals surface area contributed by atoms with Crippen LogP contribution in [0.5, 0.6) is 0 Å². The Balaban J connectivity index is 1.91. The Morgan fingerprint density at radius 3 is 2.75 bits per heavy atom. The third kappa shape index (κ3) is 4.31. The Kier molecular flexibility index (Phi) is 5.07. The molecule has 0 aromatic heterocycles. The topological polar surface area (TPSA) is 29.1 Å². The molecule has 0 atom stereocenters. The van der Waals surface area contributed by atoms with Crippen LogP contribution in [-0.2, 0) is 11.3 Å². The molecule has 0 radical (unpaired) electrons. The van der Waals surface area contributed by atoms with Crippen molar-refractivity contribution in [3.8, 4) is 0 Å². The Morgan fingerprint density at radius 1 is 1.20 bits per heavy atom. The van der Waals surface area contributed by atoms with E-state index in [1.54, 1.807) is 24.3 Å². The molecular weight excluding hydrogens is 321 g/mol. The van der Waals surface area contributed by atoms with E-state index in [0.717, 1.165) is 10.0 Å². The molecule has 0 aliphatic rings. The summed E-state index contributed by atoms with van der Waals surface area (Å²) in [5, 5.41) is 2.65. The van der Waals surface area contributed by atoms with E-state index in [2.05, 4.69) is 21.2 Å². The van der Waals surface area contributed by atoms with Crippen molar-refractivity contribution >= 4 is 27.9 Å². The molecule has 2 rings (SSSR count). The van der Waals surface area contributed by atoms with Crippen molar-refractivity contribution < 1.29 is 9.18 Å². The van der Waals surface area contributed by atoms with Gasteiger partial charge in [-0.25, -0.2) is 4.39 Å². The highest BCUT2D eigenvalue weighted by molar-refractivity contribution is 9.10. The van der Waals surface area contributed by atoms with E-state index in [0.29, 0.717) is 5.56 Å². The molecule has 2 nitrogen and oxygen atoms in total. The molecule has 0 saturated carbocycles. The quantitative estimate of drug-likeness (QED) is 0.844. The molecule has 0 fully saturated rings. The lowest BCUT2D eigenvalue weighted by Gasteiger charge is -2.03. The molecule has 0 heterocycles. The molecule has 0 unspecified atom stereocenters. The zero-order valence-corrected chi connectivity index (χ0v) is 12.2. The van der Waals surface area contributed by atoms with Crippen molar-refractivity contribution in [2.45, 2.75) is 6.54 Å². The molecule has 2 aromatic carbocycles. The van der Waals surface area contributed by atoms with Crippen LogP contribution in [0.25, 0.3) is 6.08 Å². The number of carbonyl (C=O) groups excluding carboxylic acids is 1. The smallest absolute Gasteiger partial charge is 0.244 e. The normalized spacial score (nSPS) is 10.7. The minimum absolute atomic E-state index is 0.175. The van der Waals surface area contributed by atoms with Gasteiger partial charge < -0.3 is 5.32 Å². The third-order valence-corrected chi connectivity index (χ3v) is 3.18. The number of benzene rings is 2. The first-order chi connectivity index (χ1) is 9.65. The second-order valence-corrected chi connectivity index (χ2v) is 5.11. The van der Waals surface area contributed by atoms with Gasteiger partial charge in [0.15, 0.2) is 0 Å². The van der Waals surface area contributed by atoms with Crippen LogP contribution < -0.4 is 5.32 Å². The monoisotopic (exact) mass is 333 g/mol. The average molecular weight is 334 g/mol. The van der Waals surface area contributed by atoms with Crippen molar-refractivity contribution in [2.24, 2.45) is 0 Å². The van der Waals surface area contributed by atoms with Crippen LogP contribution in [0, 0.1) is 5.82 Å². The van der Waals surface area contributed by atoms with E-state index >= 15 is 0 Å². The summed E-state index contributed by atoms with van der Waals surface area (Å²) in [6.07, 6.45) is 3.14. The van der Waals surface area contributed by atoms with Crippen LogP contribution in [0.3, 0.4) is 0 Å². The fourth-order valence-corrected chi connectivity index (χ4v) is 2.08. The molecule has 102 valence electrons.